The molecule has 2 heteroatoms. The highest BCUT2D eigenvalue weighted by molar-refractivity contribution is 7.85. The molecule has 0 rings (SSSR count). The Labute approximate surface area is 60.3 Å². The molecule has 0 fully saturated rings. The summed E-state index contributed by atoms with van der Waals surface area (Å²) in [7, 11) is -0.602. The van der Waals surface area contributed by atoms with Gasteiger partial charge in [-0.05, 0) is 5.92 Å². The number of hydrogen-bond donors (Lipinski definition) is 0. The second-order valence-corrected chi connectivity index (χ2v) is 5.03. The highest BCUT2D eigenvalue weighted by Gasteiger charge is 2.05. The number of hydrogen-bond acceptors (Lipinski definition) is 1. The topological polar surface area (TPSA) is 17.1 Å². The maximum Gasteiger partial charge on any atom is 0.0291 e. The van der Waals surface area contributed by atoms with Crippen LogP contribution >= 0.6 is 0 Å². The minimum atomic E-state index is -0.602. The lowest BCUT2D eigenvalue weighted by Gasteiger charge is -2.06. The van der Waals surface area contributed by atoms with Crippen LogP contribution in [0.5, 0.6) is 0 Å². The summed E-state index contributed by atoms with van der Waals surface area (Å²) in [6.45, 7) is 8.19. The van der Waals surface area contributed by atoms with Crippen molar-refractivity contribution in [3.63, 3.8) is 0 Å². The van der Waals surface area contributed by atoms with Crippen LogP contribution in [0.1, 0.15) is 27.7 Å². The third-order valence-electron chi connectivity index (χ3n) is 1.02. The van der Waals surface area contributed by atoms with Crippen LogP contribution in [0.2, 0.25) is 0 Å². The molecule has 1 nitrogen and oxygen atoms in total. The lowest BCUT2D eigenvalue weighted by atomic mass is 10.3. The first-order valence-electron chi connectivity index (χ1n) is 3.41. The Hall–Kier alpha value is 0.150. The second-order valence-electron chi connectivity index (χ2n) is 2.99. The zero-order chi connectivity index (χ0) is 7.44. The molecule has 0 N–H and O–H groups in total. The first-order valence-corrected chi connectivity index (χ1v) is 4.79. The van der Waals surface area contributed by atoms with Gasteiger partial charge >= 0.3 is 0 Å². The molecule has 0 aliphatic carbocycles. The van der Waals surface area contributed by atoms with E-state index in [9.17, 15) is 4.21 Å². The van der Waals surface area contributed by atoms with Crippen molar-refractivity contribution in [2.75, 3.05) is 5.75 Å². The van der Waals surface area contributed by atoms with E-state index < -0.39 is 10.8 Å². The molecule has 0 heterocycles. The van der Waals surface area contributed by atoms with Gasteiger partial charge in [-0.15, -0.1) is 0 Å². The Bertz CT molecular complexity index is 97.1. The lowest BCUT2D eigenvalue weighted by Crippen LogP contribution is -2.13. The van der Waals surface area contributed by atoms with Gasteiger partial charge in [-0.25, -0.2) is 0 Å². The lowest BCUT2D eigenvalue weighted by molar-refractivity contribution is 0.658. The molecular formula is C7H16OS. The molecule has 0 saturated heterocycles. The summed E-state index contributed by atoms with van der Waals surface area (Å²) in [5.74, 6) is 1.41. The standard InChI is InChI=1S/C7H16OS/c1-6(2)5-9(8)7(3)4/h6-7H,5H2,1-4H3/t9-/m1/s1. The first-order chi connectivity index (χ1) is 4.04. The van der Waals surface area contributed by atoms with E-state index in [-0.39, 0.29) is 0 Å². The summed E-state index contributed by atoms with van der Waals surface area (Å²) < 4.78 is 11.1. The van der Waals surface area contributed by atoms with Crippen LogP contribution in [0.3, 0.4) is 0 Å². The molecule has 0 radical (unpaired) electrons. The summed E-state index contributed by atoms with van der Waals surface area (Å²) in [5, 5.41) is 0.326. The predicted molar refractivity (Wildman–Crippen MR) is 43.0 cm³/mol. The van der Waals surface area contributed by atoms with E-state index >= 15 is 0 Å². The van der Waals surface area contributed by atoms with Crippen molar-refractivity contribution in [1.29, 1.82) is 0 Å². The van der Waals surface area contributed by atoms with Gasteiger partial charge in [0, 0.05) is 21.8 Å². The van der Waals surface area contributed by atoms with Crippen LogP contribution < -0.4 is 0 Å². The van der Waals surface area contributed by atoms with Gasteiger partial charge in [-0.2, -0.15) is 0 Å². The van der Waals surface area contributed by atoms with Gasteiger partial charge in [0.25, 0.3) is 0 Å². The predicted octanol–water partition coefficient (Wildman–Crippen LogP) is 1.80. The quantitative estimate of drug-likeness (QED) is 0.596. The SMILES string of the molecule is CC(C)C[S@@](=O)C(C)C. The van der Waals surface area contributed by atoms with Crippen LogP contribution in [0.25, 0.3) is 0 Å². The average Bonchev–Trinajstić information content (AvgIpc) is 1.63. The van der Waals surface area contributed by atoms with Crippen molar-refractivity contribution in [3.8, 4) is 0 Å². The fourth-order valence-electron chi connectivity index (χ4n) is 0.521. The van der Waals surface area contributed by atoms with Crippen LogP contribution in [-0.4, -0.2) is 15.2 Å². The molecule has 0 amide bonds. The molecule has 0 aliphatic rings. The maximum absolute atomic E-state index is 11.1. The highest BCUT2D eigenvalue weighted by atomic mass is 32.2. The molecule has 0 bridgehead atoms. The van der Waals surface area contributed by atoms with Crippen LogP contribution in [0, 0.1) is 5.92 Å². The minimum Gasteiger partial charge on any atom is -0.259 e. The molecule has 0 unspecified atom stereocenters. The third-order valence-corrected chi connectivity index (χ3v) is 3.07. The van der Waals surface area contributed by atoms with Gasteiger partial charge < -0.3 is 0 Å². The van der Waals surface area contributed by atoms with Crippen LogP contribution in [0.15, 0.2) is 0 Å². The largest absolute Gasteiger partial charge is 0.259 e. The molecule has 9 heavy (non-hydrogen) atoms. The molecule has 0 aromatic heterocycles. The van der Waals surface area contributed by atoms with Crippen molar-refractivity contribution in [1.82, 2.24) is 0 Å². The summed E-state index contributed by atoms with van der Waals surface area (Å²) in [5.41, 5.74) is 0. The van der Waals surface area contributed by atoms with E-state index in [1.165, 1.54) is 0 Å². The Kier molecular flexibility index (Phi) is 4.11. The van der Waals surface area contributed by atoms with Crippen molar-refractivity contribution in [2.24, 2.45) is 5.92 Å². The second kappa shape index (κ2) is 4.04. The van der Waals surface area contributed by atoms with Crippen LogP contribution in [0.4, 0.5) is 0 Å². The Morgan fingerprint density at radius 1 is 1.22 bits per heavy atom. The van der Waals surface area contributed by atoms with Crippen LogP contribution in [-0.2, 0) is 10.8 Å². The smallest absolute Gasteiger partial charge is 0.0291 e. The maximum atomic E-state index is 11.1. The van der Waals surface area contributed by atoms with Gasteiger partial charge in [0.15, 0.2) is 0 Å². The molecule has 56 valence electrons. The van der Waals surface area contributed by atoms with Crippen molar-refractivity contribution in [2.45, 2.75) is 32.9 Å². The average molecular weight is 148 g/mol. The molecule has 0 aliphatic heterocycles. The van der Waals surface area contributed by atoms with Crippen molar-refractivity contribution >= 4 is 10.8 Å². The Morgan fingerprint density at radius 3 is 1.78 bits per heavy atom. The van der Waals surface area contributed by atoms with Gasteiger partial charge in [0.05, 0.1) is 0 Å². The van der Waals surface area contributed by atoms with E-state index in [0.29, 0.717) is 11.2 Å². The summed E-state index contributed by atoms with van der Waals surface area (Å²) in [4.78, 5) is 0. The Balaban J connectivity index is 3.51. The summed E-state index contributed by atoms with van der Waals surface area (Å²) in [6.07, 6.45) is 0. The van der Waals surface area contributed by atoms with E-state index in [4.69, 9.17) is 0 Å². The van der Waals surface area contributed by atoms with E-state index in [2.05, 4.69) is 13.8 Å². The zero-order valence-electron chi connectivity index (χ0n) is 6.68. The van der Waals surface area contributed by atoms with Gasteiger partial charge in [0.2, 0.25) is 0 Å². The van der Waals surface area contributed by atoms with Crippen molar-refractivity contribution < 1.29 is 4.21 Å². The molecule has 0 aromatic rings. The monoisotopic (exact) mass is 148 g/mol. The highest BCUT2D eigenvalue weighted by Crippen LogP contribution is 2.00. The Morgan fingerprint density at radius 2 is 1.67 bits per heavy atom. The molecule has 0 saturated carbocycles. The first kappa shape index (κ1) is 9.15. The molecule has 1 atom stereocenters. The molecule has 0 aromatic carbocycles. The number of rotatable bonds is 3. The fraction of sp³-hybridized carbons (Fsp3) is 1.00. The summed E-state index contributed by atoms with van der Waals surface area (Å²) in [6, 6.07) is 0. The zero-order valence-corrected chi connectivity index (χ0v) is 7.49. The van der Waals surface area contributed by atoms with E-state index in [1.54, 1.807) is 0 Å². The summed E-state index contributed by atoms with van der Waals surface area (Å²) >= 11 is 0. The minimum absolute atomic E-state index is 0.326. The van der Waals surface area contributed by atoms with Gasteiger partial charge in [-0.3, -0.25) is 4.21 Å². The van der Waals surface area contributed by atoms with Gasteiger partial charge in [0.1, 0.15) is 0 Å². The van der Waals surface area contributed by atoms with E-state index in [0.717, 1.165) is 5.75 Å². The normalized spacial score (nSPS) is 14.9. The van der Waals surface area contributed by atoms with Crippen molar-refractivity contribution in [3.05, 3.63) is 0 Å². The fourth-order valence-corrected chi connectivity index (χ4v) is 1.56. The third kappa shape index (κ3) is 4.64. The molecular weight excluding hydrogens is 132 g/mol. The van der Waals surface area contributed by atoms with E-state index in [1.807, 2.05) is 13.8 Å². The van der Waals surface area contributed by atoms with Gasteiger partial charge in [-0.1, -0.05) is 27.7 Å². The molecule has 0 spiro atoms.